The zero-order chi connectivity index (χ0) is 15.9. The highest BCUT2D eigenvalue weighted by Gasteiger charge is 2.23. The van der Waals surface area contributed by atoms with E-state index in [0.29, 0.717) is 23.9 Å². The second kappa shape index (κ2) is 5.06. The third-order valence-electron chi connectivity index (χ3n) is 3.66. The molecule has 4 amide bonds. The molecule has 1 fully saturated rings. The van der Waals surface area contributed by atoms with Crippen LogP contribution in [0.25, 0.3) is 10.9 Å². The van der Waals surface area contributed by atoms with Crippen LogP contribution in [-0.2, 0) is 4.79 Å². The van der Waals surface area contributed by atoms with Crippen LogP contribution >= 0.6 is 0 Å². The summed E-state index contributed by atoms with van der Waals surface area (Å²) < 4.78 is 0. The number of H-pyrrole nitrogens is 1. The number of nitrogens with one attached hydrogen (secondary N) is 2. The van der Waals surface area contributed by atoms with Gasteiger partial charge in [0.25, 0.3) is 5.91 Å². The first-order valence-corrected chi connectivity index (χ1v) is 6.79. The van der Waals surface area contributed by atoms with Crippen LogP contribution in [0.4, 0.5) is 16.3 Å². The molecule has 8 heteroatoms. The lowest BCUT2D eigenvalue weighted by Crippen LogP contribution is -2.23. The Hall–Kier alpha value is -3.03. The van der Waals surface area contributed by atoms with E-state index in [9.17, 15) is 14.4 Å². The van der Waals surface area contributed by atoms with Gasteiger partial charge in [-0.2, -0.15) is 0 Å². The molecule has 1 saturated heterocycles. The number of benzene rings is 1. The van der Waals surface area contributed by atoms with Gasteiger partial charge in [0.1, 0.15) is 5.82 Å². The van der Waals surface area contributed by atoms with E-state index in [1.165, 1.54) is 0 Å². The lowest BCUT2D eigenvalue weighted by Gasteiger charge is -2.15. The van der Waals surface area contributed by atoms with Gasteiger partial charge in [-0.25, -0.2) is 4.79 Å². The summed E-state index contributed by atoms with van der Waals surface area (Å²) in [5.74, 6) is -0.462. The Labute approximate surface area is 125 Å². The summed E-state index contributed by atoms with van der Waals surface area (Å²) in [5.41, 5.74) is 11.9. The molecule has 0 aliphatic carbocycles. The minimum Gasteiger partial charge on any atom is -0.365 e. The maximum atomic E-state index is 11.8. The summed E-state index contributed by atoms with van der Waals surface area (Å²) in [6, 6.07) is 4.39. The second-order valence-corrected chi connectivity index (χ2v) is 5.11. The van der Waals surface area contributed by atoms with Crippen LogP contribution in [0.15, 0.2) is 18.2 Å². The predicted octanol–water partition coefficient (Wildman–Crippen LogP) is 0.884. The Bertz CT molecular complexity index is 795. The molecule has 0 atom stereocenters. The van der Waals surface area contributed by atoms with Crippen molar-refractivity contribution in [3.8, 4) is 0 Å². The summed E-state index contributed by atoms with van der Waals surface area (Å²) in [4.78, 5) is 39.0. The molecule has 114 valence electrons. The van der Waals surface area contributed by atoms with Gasteiger partial charge in [0.05, 0.1) is 5.56 Å². The van der Waals surface area contributed by atoms with Gasteiger partial charge in [0.2, 0.25) is 5.91 Å². The Morgan fingerprint density at radius 3 is 2.64 bits per heavy atom. The topological polar surface area (TPSA) is 134 Å². The van der Waals surface area contributed by atoms with E-state index in [4.69, 9.17) is 11.5 Å². The van der Waals surface area contributed by atoms with Gasteiger partial charge >= 0.3 is 6.03 Å². The molecular formula is C14H15N5O3. The van der Waals surface area contributed by atoms with Gasteiger partial charge < -0.3 is 21.4 Å². The Morgan fingerprint density at radius 1 is 1.27 bits per heavy atom. The summed E-state index contributed by atoms with van der Waals surface area (Å²) in [6.45, 7) is 0.667. The molecule has 2 aromatic rings. The van der Waals surface area contributed by atoms with E-state index in [1.54, 1.807) is 23.1 Å². The molecule has 0 spiro atoms. The largest absolute Gasteiger partial charge is 0.365 e. The van der Waals surface area contributed by atoms with E-state index >= 15 is 0 Å². The highest BCUT2D eigenvalue weighted by atomic mass is 16.2. The van der Waals surface area contributed by atoms with E-state index in [1.807, 2.05) is 0 Å². The zero-order valence-corrected chi connectivity index (χ0v) is 11.7. The third-order valence-corrected chi connectivity index (χ3v) is 3.66. The number of aromatic nitrogens is 1. The molecule has 3 rings (SSSR count). The summed E-state index contributed by atoms with van der Waals surface area (Å²) >= 11 is 0. The number of hydrogen-bond acceptors (Lipinski definition) is 3. The summed E-state index contributed by atoms with van der Waals surface area (Å²) in [7, 11) is 0. The normalized spacial score (nSPS) is 14.5. The van der Waals surface area contributed by atoms with Gasteiger partial charge in [-0.15, -0.1) is 0 Å². The predicted molar refractivity (Wildman–Crippen MR) is 81.6 cm³/mol. The SMILES string of the molecule is NC(=O)Nc1[nH]c2cc(N3CCCC3=O)ccc2c1C(N)=O. The fraction of sp³-hybridized carbons (Fsp3) is 0.214. The second-order valence-electron chi connectivity index (χ2n) is 5.11. The van der Waals surface area contributed by atoms with Crippen LogP contribution < -0.4 is 21.7 Å². The first kappa shape index (κ1) is 13.9. The molecule has 1 aliphatic rings. The van der Waals surface area contributed by atoms with Gasteiger partial charge in [-0.3, -0.25) is 14.9 Å². The molecule has 1 aliphatic heterocycles. The highest BCUT2D eigenvalue weighted by molar-refractivity contribution is 6.13. The first-order chi connectivity index (χ1) is 10.5. The van der Waals surface area contributed by atoms with Crippen LogP contribution in [0.2, 0.25) is 0 Å². The highest BCUT2D eigenvalue weighted by Crippen LogP contribution is 2.30. The molecule has 1 aromatic carbocycles. The number of hydrogen-bond donors (Lipinski definition) is 4. The van der Waals surface area contributed by atoms with Crippen molar-refractivity contribution in [3.05, 3.63) is 23.8 Å². The lowest BCUT2D eigenvalue weighted by atomic mass is 10.1. The maximum Gasteiger partial charge on any atom is 0.317 e. The fourth-order valence-electron chi connectivity index (χ4n) is 2.75. The number of rotatable bonds is 3. The number of anilines is 2. The number of carbonyl (C=O) groups excluding carboxylic acids is 3. The van der Waals surface area contributed by atoms with Crippen LogP contribution in [-0.4, -0.2) is 29.4 Å². The van der Waals surface area contributed by atoms with Crippen molar-refractivity contribution in [3.63, 3.8) is 0 Å². The molecular weight excluding hydrogens is 286 g/mol. The number of nitrogens with two attached hydrogens (primary N) is 2. The summed E-state index contributed by atoms with van der Waals surface area (Å²) in [5, 5.41) is 2.91. The van der Waals surface area contributed by atoms with E-state index in [-0.39, 0.29) is 17.3 Å². The minimum atomic E-state index is -0.802. The standard InChI is InChI=1S/C14H15N5O3/c15-12(21)11-8-4-3-7(19-5-1-2-10(19)20)6-9(8)17-13(11)18-14(16)22/h3-4,6,17H,1-2,5H2,(H2,15,21)(H3,16,18,22). The molecule has 0 radical (unpaired) electrons. The van der Waals surface area contributed by atoms with Crippen molar-refractivity contribution in [1.29, 1.82) is 0 Å². The van der Waals surface area contributed by atoms with E-state index in [0.717, 1.165) is 12.1 Å². The van der Waals surface area contributed by atoms with E-state index in [2.05, 4.69) is 10.3 Å². The van der Waals surface area contributed by atoms with E-state index < -0.39 is 11.9 Å². The van der Waals surface area contributed by atoms with Crippen molar-refractivity contribution < 1.29 is 14.4 Å². The Balaban J connectivity index is 2.11. The lowest BCUT2D eigenvalue weighted by molar-refractivity contribution is -0.117. The van der Waals surface area contributed by atoms with Crippen LogP contribution in [0, 0.1) is 0 Å². The molecule has 6 N–H and O–H groups in total. The molecule has 0 bridgehead atoms. The quantitative estimate of drug-likeness (QED) is 0.670. The number of nitrogens with zero attached hydrogens (tertiary/aromatic N) is 1. The van der Waals surface area contributed by atoms with Crippen LogP contribution in [0.3, 0.4) is 0 Å². The zero-order valence-electron chi connectivity index (χ0n) is 11.7. The van der Waals surface area contributed by atoms with Crippen molar-refractivity contribution in [1.82, 2.24) is 4.98 Å². The average Bonchev–Trinajstić information content (AvgIpc) is 2.99. The average molecular weight is 301 g/mol. The maximum absolute atomic E-state index is 11.8. The number of primary amides is 2. The Morgan fingerprint density at radius 2 is 2.05 bits per heavy atom. The molecule has 22 heavy (non-hydrogen) atoms. The van der Waals surface area contributed by atoms with Gasteiger partial charge in [0, 0.05) is 29.6 Å². The van der Waals surface area contributed by atoms with Crippen molar-refractivity contribution in [2.24, 2.45) is 11.5 Å². The van der Waals surface area contributed by atoms with Crippen LogP contribution in [0.1, 0.15) is 23.2 Å². The minimum absolute atomic E-state index is 0.0662. The van der Waals surface area contributed by atoms with Gasteiger partial charge in [-0.1, -0.05) is 0 Å². The van der Waals surface area contributed by atoms with Crippen molar-refractivity contribution >= 4 is 40.3 Å². The number of amides is 4. The summed E-state index contributed by atoms with van der Waals surface area (Å²) in [6.07, 6.45) is 1.35. The smallest absolute Gasteiger partial charge is 0.317 e. The number of carbonyl (C=O) groups is 3. The monoisotopic (exact) mass is 301 g/mol. The fourth-order valence-corrected chi connectivity index (χ4v) is 2.75. The molecule has 0 unspecified atom stereocenters. The van der Waals surface area contributed by atoms with Gasteiger partial charge in [0.15, 0.2) is 0 Å². The third kappa shape index (κ3) is 2.24. The molecule has 0 saturated carbocycles. The van der Waals surface area contributed by atoms with Crippen molar-refractivity contribution in [2.45, 2.75) is 12.8 Å². The molecule has 1 aromatic heterocycles. The number of urea groups is 1. The molecule has 2 heterocycles. The number of aromatic amines is 1. The van der Waals surface area contributed by atoms with Crippen molar-refractivity contribution in [2.75, 3.05) is 16.8 Å². The van der Waals surface area contributed by atoms with Crippen LogP contribution in [0.5, 0.6) is 0 Å². The first-order valence-electron chi connectivity index (χ1n) is 6.79. The molecule has 8 nitrogen and oxygen atoms in total. The Kier molecular flexibility index (Phi) is 3.21. The number of fused-ring (bicyclic) bond motifs is 1. The van der Waals surface area contributed by atoms with Gasteiger partial charge in [-0.05, 0) is 24.6 Å².